The third kappa shape index (κ3) is 3.56. The summed E-state index contributed by atoms with van der Waals surface area (Å²) in [5.74, 6) is 2.84. The Balaban J connectivity index is 0.00000225. The van der Waals surface area contributed by atoms with E-state index in [9.17, 15) is 4.39 Å². The molecular weight excluding hydrogens is 345 g/mol. The summed E-state index contributed by atoms with van der Waals surface area (Å²) in [5, 5.41) is 3.24. The third-order valence-corrected chi connectivity index (χ3v) is 4.81. The number of aryl methyl sites for hydroxylation is 1. The number of aromatic nitrogens is 5. The van der Waals surface area contributed by atoms with Gasteiger partial charge in [0.25, 0.3) is 0 Å². The van der Waals surface area contributed by atoms with Crippen LogP contribution >= 0.6 is 0 Å². The first-order valence-corrected chi connectivity index (χ1v) is 9.35. The fraction of sp³-hybridized carbons (Fsp3) is 0.474. The van der Waals surface area contributed by atoms with Crippen molar-refractivity contribution in [2.24, 2.45) is 0 Å². The number of fused-ring (bicyclic) bond motifs is 1. The van der Waals surface area contributed by atoms with Crippen molar-refractivity contribution in [3.8, 4) is 0 Å². The second-order valence-corrected chi connectivity index (χ2v) is 7.23. The monoisotopic (exact) mass is 371 g/mol. The Morgan fingerprint density at radius 3 is 2.89 bits per heavy atom. The number of halogens is 1. The van der Waals surface area contributed by atoms with Crippen LogP contribution in [0.4, 0.5) is 22.0 Å². The van der Waals surface area contributed by atoms with Crippen molar-refractivity contribution in [1.82, 2.24) is 24.5 Å². The summed E-state index contributed by atoms with van der Waals surface area (Å²) in [6.45, 7) is 7.40. The minimum atomic E-state index is -0.817. The molecule has 4 rings (SSSR count). The number of nitrogens with one attached hydrogen (secondary N) is 1. The summed E-state index contributed by atoms with van der Waals surface area (Å²) in [6, 6.07) is 4.08. The molecule has 1 atom stereocenters. The van der Waals surface area contributed by atoms with Crippen LogP contribution in [0.2, 0.25) is 0 Å². The summed E-state index contributed by atoms with van der Waals surface area (Å²) in [4.78, 5) is 19.8. The van der Waals surface area contributed by atoms with E-state index < -0.39 is 6.17 Å². The molecule has 1 aliphatic rings. The molecule has 144 valence electrons. The van der Waals surface area contributed by atoms with Gasteiger partial charge in [0.05, 0.1) is 18.3 Å². The quantitative estimate of drug-likeness (QED) is 0.746. The Morgan fingerprint density at radius 2 is 2.11 bits per heavy atom. The lowest BCUT2D eigenvalue weighted by Gasteiger charge is -2.29. The van der Waals surface area contributed by atoms with Gasteiger partial charge in [0, 0.05) is 26.3 Å². The molecule has 0 saturated carbocycles. The number of imidazole rings is 1. The van der Waals surface area contributed by atoms with Crippen LogP contribution in [0.1, 0.15) is 40.0 Å². The van der Waals surface area contributed by atoms with Crippen molar-refractivity contribution >= 4 is 28.6 Å². The Bertz CT molecular complexity index is 959. The first kappa shape index (κ1) is 17.6. The molecule has 27 heavy (non-hydrogen) atoms. The standard InChI is InChI=1S/C19H24FN7.H2/c1-12(2)27-13(3)23-15-10-22-18(9-16(15)27)24-17-6-7-21-19(25-17)26-8-4-5-14(20)11-26;/h6-7,9-10,12,14H,4-5,8,11H2,1-3H3,(H,21,22,24,25);1H. The van der Waals surface area contributed by atoms with Crippen LogP contribution < -0.4 is 10.2 Å². The van der Waals surface area contributed by atoms with Gasteiger partial charge in [-0.15, -0.1) is 0 Å². The lowest BCUT2D eigenvalue weighted by atomic mass is 10.1. The van der Waals surface area contributed by atoms with Gasteiger partial charge >= 0.3 is 0 Å². The molecule has 0 aromatic carbocycles. The Kier molecular flexibility index (Phi) is 4.63. The fourth-order valence-electron chi connectivity index (χ4n) is 3.65. The van der Waals surface area contributed by atoms with Crippen LogP contribution in [-0.2, 0) is 0 Å². The van der Waals surface area contributed by atoms with E-state index >= 15 is 0 Å². The maximum absolute atomic E-state index is 13.7. The van der Waals surface area contributed by atoms with E-state index in [4.69, 9.17) is 0 Å². The van der Waals surface area contributed by atoms with Gasteiger partial charge in [-0.3, -0.25) is 0 Å². The van der Waals surface area contributed by atoms with E-state index in [2.05, 4.69) is 43.7 Å². The fourth-order valence-corrected chi connectivity index (χ4v) is 3.65. The van der Waals surface area contributed by atoms with Crippen LogP contribution in [0.3, 0.4) is 0 Å². The lowest BCUT2D eigenvalue weighted by molar-refractivity contribution is 0.285. The van der Waals surface area contributed by atoms with Crippen LogP contribution in [0, 0.1) is 6.92 Å². The van der Waals surface area contributed by atoms with Gasteiger partial charge in [-0.25, -0.2) is 19.3 Å². The van der Waals surface area contributed by atoms with Crippen molar-refractivity contribution < 1.29 is 5.82 Å². The second kappa shape index (κ2) is 7.09. The lowest BCUT2D eigenvalue weighted by Crippen LogP contribution is -2.37. The number of hydrogen-bond donors (Lipinski definition) is 1. The molecule has 1 saturated heterocycles. The molecule has 1 N–H and O–H groups in total. The molecule has 8 heteroatoms. The average molecular weight is 371 g/mol. The van der Waals surface area contributed by atoms with E-state index in [1.165, 1.54) is 0 Å². The number of rotatable bonds is 4. The molecule has 0 radical (unpaired) electrons. The highest BCUT2D eigenvalue weighted by Crippen LogP contribution is 2.24. The minimum Gasteiger partial charge on any atom is -0.338 e. The predicted octanol–water partition coefficient (Wildman–Crippen LogP) is 4.04. The molecule has 1 aliphatic heterocycles. The van der Waals surface area contributed by atoms with Gasteiger partial charge < -0.3 is 14.8 Å². The van der Waals surface area contributed by atoms with Crippen LogP contribution in [0.25, 0.3) is 11.0 Å². The molecule has 3 aromatic rings. The Hall–Kier alpha value is -2.77. The van der Waals surface area contributed by atoms with Crippen molar-refractivity contribution in [3.63, 3.8) is 0 Å². The highest BCUT2D eigenvalue weighted by molar-refractivity contribution is 5.79. The van der Waals surface area contributed by atoms with Gasteiger partial charge in [0.1, 0.15) is 29.1 Å². The third-order valence-electron chi connectivity index (χ3n) is 4.81. The minimum absolute atomic E-state index is 0. The average Bonchev–Trinajstić information content (AvgIpc) is 2.97. The molecule has 1 fully saturated rings. The van der Waals surface area contributed by atoms with Crippen molar-refractivity contribution in [2.45, 2.75) is 45.8 Å². The summed E-state index contributed by atoms with van der Waals surface area (Å²) < 4.78 is 15.9. The molecule has 1 unspecified atom stereocenters. The van der Waals surface area contributed by atoms with Crippen LogP contribution in [0.5, 0.6) is 0 Å². The van der Waals surface area contributed by atoms with E-state index in [1.54, 1.807) is 18.5 Å². The van der Waals surface area contributed by atoms with E-state index in [-0.39, 0.29) is 1.43 Å². The summed E-state index contributed by atoms with van der Waals surface area (Å²) >= 11 is 0. The first-order chi connectivity index (χ1) is 13.0. The largest absolute Gasteiger partial charge is 0.338 e. The predicted molar refractivity (Wildman–Crippen MR) is 106 cm³/mol. The van der Waals surface area contributed by atoms with Crippen molar-refractivity contribution in [1.29, 1.82) is 0 Å². The maximum atomic E-state index is 13.7. The SMILES string of the molecule is Cc1nc2cnc(Nc3ccnc(N4CCCC(F)C4)n3)cc2n1C(C)C.[HH]. The zero-order valence-corrected chi connectivity index (χ0v) is 15.9. The molecule has 4 heterocycles. The molecule has 7 nitrogen and oxygen atoms in total. The summed E-state index contributed by atoms with van der Waals surface area (Å²) in [6.07, 6.45) is 4.07. The summed E-state index contributed by atoms with van der Waals surface area (Å²) in [7, 11) is 0. The number of anilines is 3. The number of hydrogen-bond acceptors (Lipinski definition) is 6. The number of alkyl halides is 1. The number of pyridine rings is 1. The van der Waals surface area contributed by atoms with Gasteiger partial charge in [-0.2, -0.15) is 4.98 Å². The number of piperidine rings is 1. The van der Waals surface area contributed by atoms with Crippen LogP contribution in [-0.4, -0.2) is 43.8 Å². The van der Waals surface area contributed by atoms with Crippen LogP contribution in [0.15, 0.2) is 24.5 Å². The van der Waals surface area contributed by atoms with Crippen molar-refractivity contribution in [2.75, 3.05) is 23.3 Å². The van der Waals surface area contributed by atoms with Gasteiger partial charge in [0.2, 0.25) is 5.95 Å². The van der Waals surface area contributed by atoms with E-state index in [0.717, 1.165) is 29.8 Å². The second-order valence-electron chi connectivity index (χ2n) is 7.23. The van der Waals surface area contributed by atoms with E-state index in [0.29, 0.717) is 36.6 Å². The summed E-state index contributed by atoms with van der Waals surface area (Å²) in [5.41, 5.74) is 1.91. The van der Waals surface area contributed by atoms with Gasteiger partial charge in [-0.1, -0.05) is 0 Å². The van der Waals surface area contributed by atoms with Crippen molar-refractivity contribution in [3.05, 3.63) is 30.4 Å². The van der Waals surface area contributed by atoms with Gasteiger partial charge in [-0.05, 0) is 39.7 Å². The molecule has 0 aliphatic carbocycles. The Labute approximate surface area is 159 Å². The normalized spacial score (nSPS) is 17.7. The molecule has 0 amide bonds. The van der Waals surface area contributed by atoms with Gasteiger partial charge in [0.15, 0.2) is 0 Å². The highest BCUT2D eigenvalue weighted by atomic mass is 19.1. The molecule has 0 bridgehead atoms. The first-order valence-electron chi connectivity index (χ1n) is 9.35. The molecular formula is C19H26FN7. The highest BCUT2D eigenvalue weighted by Gasteiger charge is 2.21. The molecule has 0 spiro atoms. The van der Waals surface area contributed by atoms with E-state index in [1.807, 2.05) is 17.9 Å². The topological polar surface area (TPSA) is 71.8 Å². The zero-order valence-electron chi connectivity index (χ0n) is 15.9. The Morgan fingerprint density at radius 1 is 1.26 bits per heavy atom. The zero-order chi connectivity index (χ0) is 19.0. The number of nitrogens with zero attached hydrogens (tertiary/aromatic N) is 6. The molecule has 3 aromatic heterocycles. The maximum Gasteiger partial charge on any atom is 0.227 e. The smallest absolute Gasteiger partial charge is 0.227 e.